The Kier molecular flexibility index (Phi) is 7.91. The standard InChI is InChI=1S/C30H36N4O2/c35-29(26-11-17-31-18-12-26)34-19-14-30(15-20-34)13-5-3-8-25-7-1-2-10-28(25)36-22-21-33(24-30)23-27-9-4-6-16-32-27/h1-2,4,6-7,9-12,16-18H,3,5,8,13-15,19-24H2. The molecule has 2 aromatic heterocycles. The van der Waals surface area contributed by atoms with Gasteiger partial charge in [-0.3, -0.25) is 19.7 Å². The van der Waals surface area contributed by atoms with Gasteiger partial charge in [-0.25, -0.2) is 0 Å². The molecular weight excluding hydrogens is 448 g/mol. The molecule has 0 saturated carbocycles. The molecule has 6 nitrogen and oxygen atoms in total. The quantitative estimate of drug-likeness (QED) is 0.523. The number of aryl methyl sites for hydroxylation is 1. The van der Waals surface area contributed by atoms with Crippen molar-refractivity contribution in [1.29, 1.82) is 0 Å². The first-order chi connectivity index (χ1) is 17.7. The van der Waals surface area contributed by atoms with Gasteiger partial charge in [0.05, 0.1) is 5.69 Å². The van der Waals surface area contributed by atoms with Crippen molar-refractivity contribution in [2.24, 2.45) is 5.41 Å². The highest BCUT2D eigenvalue weighted by Gasteiger charge is 2.37. The zero-order valence-corrected chi connectivity index (χ0v) is 21.0. The van der Waals surface area contributed by atoms with Crippen molar-refractivity contribution < 1.29 is 9.53 Å². The van der Waals surface area contributed by atoms with Crippen molar-refractivity contribution in [2.45, 2.75) is 45.1 Å². The van der Waals surface area contributed by atoms with Crippen LogP contribution in [0.4, 0.5) is 0 Å². The summed E-state index contributed by atoms with van der Waals surface area (Å²) in [4.78, 5) is 26.3. The number of aromatic nitrogens is 2. The van der Waals surface area contributed by atoms with E-state index in [1.54, 1.807) is 12.4 Å². The predicted octanol–water partition coefficient (Wildman–Crippen LogP) is 5.01. The maximum absolute atomic E-state index is 13.1. The summed E-state index contributed by atoms with van der Waals surface area (Å²) in [6, 6.07) is 18.2. The molecule has 0 radical (unpaired) electrons. The fourth-order valence-electron chi connectivity index (χ4n) is 5.71. The summed E-state index contributed by atoms with van der Waals surface area (Å²) in [6.45, 7) is 4.94. The Bertz CT molecular complexity index is 1110. The fraction of sp³-hybridized carbons (Fsp3) is 0.433. The van der Waals surface area contributed by atoms with Crippen molar-refractivity contribution in [3.63, 3.8) is 0 Å². The third kappa shape index (κ3) is 6.11. The predicted molar refractivity (Wildman–Crippen MR) is 141 cm³/mol. The smallest absolute Gasteiger partial charge is 0.253 e. The van der Waals surface area contributed by atoms with Gasteiger partial charge in [0.2, 0.25) is 0 Å². The minimum atomic E-state index is 0.121. The molecule has 0 unspecified atom stereocenters. The number of carbonyl (C=O) groups is 1. The first kappa shape index (κ1) is 24.4. The number of para-hydroxylation sites is 1. The van der Waals surface area contributed by atoms with Gasteiger partial charge in [-0.2, -0.15) is 0 Å². The summed E-state index contributed by atoms with van der Waals surface area (Å²) in [5.41, 5.74) is 3.32. The van der Waals surface area contributed by atoms with Crippen LogP contribution in [0.15, 0.2) is 73.2 Å². The molecule has 0 atom stereocenters. The molecule has 2 aliphatic rings. The monoisotopic (exact) mass is 484 g/mol. The van der Waals surface area contributed by atoms with Crippen molar-refractivity contribution >= 4 is 5.91 Å². The number of nitrogens with zero attached hydrogens (tertiary/aromatic N) is 4. The number of fused-ring (bicyclic) bond motifs is 1. The third-order valence-corrected chi connectivity index (χ3v) is 7.75. The van der Waals surface area contributed by atoms with E-state index in [0.29, 0.717) is 6.61 Å². The molecular formula is C30H36N4O2. The number of hydrogen-bond acceptors (Lipinski definition) is 5. The summed E-state index contributed by atoms with van der Waals surface area (Å²) in [5.74, 6) is 1.14. The van der Waals surface area contributed by atoms with Gasteiger partial charge in [0, 0.05) is 56.9 Å². The van der Waals surface area contributed by atoms with E-state index in [2.05, 4.69) is 51.3 Å². The minimum absolute atomic E-state index is 0.121. The first-order valence-electron chi connectivity index (χ1n) is 13.2. The Hall–Kier alpha value is -3.25. The van der Waals surface area contributed by atoms with Crippen LogP contribution in [0.25, 0.3) is 0 Å². The second kappa shape index (κ2) is 11.7. The second-order valence-corrected chi connectivity index (χ2v) is 10.2. The molecule has 4 heterocycles. The molecule has 1 spiro atoms. The van der Waals surface area contributed by atoms with Gasteiger partial charge in [0.25, 0.3) is 5.91 Å². The Morgan fingerprint density at radius 3 is 2.50 bits per heavy atom. The van der Waals surface area contributed by atoms with E-state index >= 15 is 0 Å². The van der Waals surface area contributed by atoms with E-state index in [1.807, 2.05) is 29.3 Å². The normalized spacial score (nSPS) is 18.9. The zero-order chi connectivity index (χ0) is 24.6. The highest BCUT2D eigenvalue weighted by atomic mass is 16.5. The number of hydrogen-bond donors (Lipinski definition) is 0. The number of likely N-dealkylation sites (tertiary alicyclic amines) is 1. The molecule has 0 N–H and O–H groups in total. The molecule has 188 valence electrons. The maximum Gasteiger partial charge on any atom is 0.253 e. The van der Waals surface area contributed by atoms with Crippen LogP contribution in [0.5, 0.6) is 5.75 Å². The lowest BCUT2D eigenvalue weighted by Crippen LogP contribution is -2.48. The number of carbonyl (C=O) groups excluding carboxylic acids is 1. The highest BCUT2D eigenvalue weighted by Crippen LogP contribution is 2.39. The third-order valence-electron chi connectivity index (χ3n) is 7.75. The van der Waals surface area contributed by atoms with Crippen LogP contribution in [0.2, 0.25) is 0 Å². The number of benzene rings is 1. The number of piperidine rings is 1. The topological polar surface area (TPSA) is 58.6 Å². The maximum atomic E-state index is 13.1. The number of ether oxygens (including phenoxy) is 1. The molecule has 0 bridgehead atoms. The van der Waals surface area contributed by atoms with Crippen molar-refractivity contribution in [2.75, 3.05) is 32.8 Å². The molecule has 6 heteroatoms. The average molecular weight is 485 g/mol. The number of amides is 1. The van der Waals surface area contributed by atoms with Crippen LogP contribution >= 0.6 is 0 Å². The molecule has 1 fully saturated rings. The van der Waals surface area contributed by atoms with Crippen molar-refractivity contribution in [3.05, 3.63) is 90.0 Å². The largest absolute Gasteiger partial charge is 0.492 e. The van der Waals surface area contributed by atoms with E-state index in [9.17, 15) is 4.79 Å². The van der Waals surface area contributed by atoms with Gasteiger partial charge in [0.1, 0.15) is 12.4 Å². The summed E-state index contributed by atoms with van der Waals surface area (Å²) < 4.78 is 6.28. The van der Waals surface area contributed by atoms with Gasteiger partial charge >= 0.3 is 0 Å². The SMILES string of the molecule is O=C(c1ccncc1)N1CCC2(CCCCc3ccccc3OCCN(Cc3ccccn3)C2)CC1. The lowest BCUT2D eigenvalue weighted by atomic mass is 9.73. The molecule has 36 heavy (non-hydrogen) atoms. The summed E-state index contributed by atoms with van der Waals surface area (Å²) in [7, 11) is 0. The number of pyridine rings is 2. The van der Waals surface area contributed by atoms with Crippen molar-refractivity contribution in [3.8, 4) is 5.75 Å². The first-order valence-corrected chi connectivity index (χ1v) is 13.2. The van der Waals surface area contributed by atoms with E-state index in [0.717, 1.165) is 75.4 Å². The number of rotatable bonds is 3. The van der Waals surface area contributed by atoms with Crippen LogP contribution < -0.4 is 4.74 Å². The lowest BCUT2D eigenvalue weighted by Gasteiger charge is -2.45. The van der Waals surface area contributed by atoms with E-state index in [-0.39, 0.29) is 11.3 Å². The Morgan fingerprint density at radius 1 is 0.889 bits per heavy atom. The molecule has 5 rings (SSSR count). The molecule has 3 aromatic rings. The van der Waals surface area contributed by atoms with Crippen LogP contribution in [-0.4, -0.2) is 58.5 Å². The molecule has 1 amide bonds. The van der Waals surface area contributed by atoms with Gasteiger partial charge in [0.15, 0.2) is 0 Å². The molecule has 1 saturated heterocycles. The van der Waals surface area contributed by atoms with Gasteiger partial charge in [-0.15, -0.1) is 0 Å². The summed E-state index contributed by atoms with van der Waals surface area (Å²) in [5, 5.41) is 0. The fourth-order valence-corrected chi connectivity index (χ4v) is 5.71. The zero-order valence-electron chi connectivity index (χ0n) is 21.0. The van der Waals surface area contributed by atoms with Gasteiger partial charge < -0.3 is 9.64 Å². The molecule has 2 aliphatic heterocycles. The molecule has 0 aliphatic carbocycles. The summed E-state index contributed by atoms with van der Waals surface area (Å²) >= 11 is 0. The Balaban J connectivity index is 1.32. The highest BCUT2D eigenvalue weighted by molar-refractivity contribution is 5.94. The summed E-state index contributed by atoms with van der Waals surface area (Å²) in [6.07, 6.45) is 11.9. The van der Waals surface area contributed by atoms with E-state index in [1.165, 1.54) is 18.4 Å². The van der Waals surface area contributed by atoms with Crippen molar-refractivity contribution in [1.82, 2.24) is 19.8 Å². The van der Waals surface area contributed by atoms with Crippen LogP contribution in [0.1, 0.15) is 53.7 Å². The van der Waals surface area contributed by atoms with E-state index < -0.39 is 0 Å². The second-order valence-electron chi connectivity index (χ2n) is 10.2. The average Bonchev–Trinajstić information content (AvgIpc) is 2.92. The van der Waals surface area contributed by atoms with Gasteiger partial charge in [-0.05, 0) is 73.4 Å². The van der Waals surface area contributed by atoms with Crippen LogP contribution in [0.3, 0.4) is 0 Å². The van der Waals surface area contributed by atoms with Crippen LogP contribution in [-0.2, 0) is 13.0 Å². The Labute approximate surface area is 214 Å². The van der Waals surface area contributed by atoms with E-state index in [4.69, 9.17) is 4.74 Å². The lowest BCUT2D eigenvalue weighted by molar-refractivity contribution is 0.0358. The minimum Gasteiger partial charge on any atom is -0.492 e. The molecule has 1 aromatic carbocycles. The van der Waals surface area contributed by atoms with Gasteiger partial charge in [-0.1, -0.05) is 30.7 Å². The van der Waals surface area contributed by atoms with Crippen LogP contribution in [0, 0.1) is 5.41 Å². The Morgan fingerprint density at radius 2 is 1.69 bits per heavy atom.